The van der Waals surface area contributed by atoms with Crippen molar-refractivity contribution in [3.63, 3.8) is 0 Å². The third-order valence-corrected chi connectivity index (χ3v) is 2.52. The molecular formula is C10H19NO2. The highest BCUT2D eigenvalue weighted by Gasteiger charge is 2.42. The fraction of sp³-hybridized carbons (Fsp3) is 0.900. The summed E-state index contributed by atoms with van der Waals surface area (Å²) in [6.07, 6.45) is 4.22. The molecule has 1 fully saturated rings. The number of ether oxygens (including phenoxy) is 1. The minimum absolute atomic E-state index is 0.0356. The highest BCUT2D eigenvalue weighted by molar-refractivity contribution is 5.75. The van der Waals surface area contributed by atoms with E-state index >= 15 is 0 Å². The van der Waals surface area contributed by atoms with Crippen LogP contribution in [0.4, 0.5) is 0 Å². The summed E-state index contributed by atoms with van der Waals surface area (Å²) in [5, 5.41) is 0. The molecule has 3 heteroatoms. The molecular weight excluding hydrogens is 166 g/mol. The molecule has 3 nitrogen and oxygen atoms in total. The van der Waals surface area contributed by atoms with Crippen LogP contribution in [0.3, 0.4) is 0 Å². The van der Waals surface area contributed by atoms with E-state index in [1.807, 2.05) is 0 Å². The SMILES string of the molecule is CCCCCOC(=O)C1CC1CN. The Morgan fingerprint density at radius 3 is 2.85 bits per heavy atom. The van der Waals surface area contributed by atoms with Crippen molar-refractivity contribution in [1.82, 2.24) is 0 Å². The number of hydrogen-bond acceptors (Lipinski definition) is 3. The van der Waals surface area contributed by atoms with Gasteiger partial charge < -0.3 is 10.5 Å². The number of nitrogens with two attached hydrogens (primary N) is 1. The minimum Gasteiger partial charge on any atom is -0.465 e. The van der Waals surface area contributed by atoms with Gasteiger partial charge in [-0.05, 0) is 25.3 Å². The van der Waals surface area contributed by atoms with Crippen molar-refractivity contribution in [2.24, 2.45) is 17.6 Å². The van der Waals surface area contributed by atoms with E-state index in [9.17, 15) is 4.79 Å². The molecule has 0 heterocycles. The molecule has 0 radical (unpaired) electrons. The molecule has 2 unspecified atom stereocenters. The van der Waals surface area contributed by atoms with Crippen LogP contribution in [0.2, 0.25) is 0 Å². The maximum absolute atomic E-state index is 11.3. The smallest absolute Gasteiger partial charge is 0.309 e. The van der Waals surface area contributed by atoms with Crippen molar-refractivity contribution in [3.8, 4) is 0 Å². The summed E-state index contributed by atoms with van der Waals surface area (Å²) in [6, 6.07) is 0. The molecule has 0 spiro atoms. The molecule has 0 saturated heterocycles. The van der Waals surface area contributed by atoms with Crippen LogP contribution in [0.25, 0.3) is 0 Å². The van der Waals surface area contributed by atoms with E-state index in [0.29, 0.717) is 19.1 Å². The second-order valence-electron chi connectivity index (χ2n) is 3.71. The van der Waals surface area contributed by atoms with Crippen LogP contribution < -0.4 is 5.73 Å². The van der Waals surface area contributed by atoms with Gasteiger partial charge in [0.25, 0.3) is 0 Å². The molecule has 1 aliphatic carbocycles. The molecule has 0 amide bonds. The fourth-order valence-electron chi connectivity index (χ4n) is 1.43. The van der Waals surface area contributed by atoms with Gasteiger partial charge in [-0.3, -0.25) is 4.79 Å². The van der Waals surface area contributed by atoms with Crippen molar-refractivity contribution >= 4 is 5.97 Å². The normalized spacial score (nSPS) is 25.7. The van der Waals surface area contributed by atoms with Crippen LogP contribution in [-0.2, 0) is 9.53 Å². The molecule has 0 bridgehead atoms. The van der Waals surface area contributed by atoms with Gasteiger partial charge in [-0.1, -0.05) is 19.8 Å². The zero-order valence-corrected chi connectivity index (χ0v) is 8.29. The van der Waals surface area contributed by atoms with E-state index in [0.717, 1.165) is 25.7 Å². The van der Waals surface area contributed by atoms with Gasteiger partial charge in [-0.15, -0.1) is 0 Å². The van der Waals surface area contributed by atoms with Crippen LogP contribution in [0.1, 0.15) is 32.6 Å². The van der Waals surface area contributed by atoms with Crippen molar-refractivity contribution in [1.29, 1.82) is 0 Å². The number of carbonyl (C=O) groups is 1. The van der Waals surface area contributed by atoms with Gasteiger partial charge >= 0.3 is 5.97 Å². The Labute approximate surface area is 79.6 Å². The van der Waals surface area contributed by atoms with E-state index in [1.54, 1.807) is 0 Å². The summed E-state index contributed by atoms with van der Waals surface area (Å²) in [4.78, 5) is 11.3. The molecule has 1 rings (SSSR count). The lowest BCUT2D eigenvalue weighted by molar-refractivity contribution is -0.145. The van der Waals surface area contributed by atoms with Crippen molar-refractivity contribution in [3.05, 3.63) is 0 Å². The van der Waals surface area contributed by atoms with Gasteiger partial charge in [0.05, 0.1) is 12.5 Å². The average Bonchev–Trinajstić information content (AvgIpc) is 2.91. The molecule has 13 heavy (non-hydrogen) atoms. The predicted molar refractivity (Wildman–Crippen MR) is 51.1 cm³/mol. The monoisotopic (exact) mass is 185 g/mol. The first-order chi connectivity index (χ1) is 6.29. The third kappa shape index (κ3) is 3.35. The van der Waals surface area contributed by atoms with Gasteiger partial charge in [0.15, 0.2) is 0 Å². The van der Waals surface area contributed by atoms with E-state index < -0.39 is 0 Å². The zero-order chi connectivity index (χ0) is 9.68. The molecule has 2 N–H and O–H groups in total. The standard InChI is InChI=1S/C10H19NO2/c1-2-3-4-5-13-10(12)9-6-8(9)7-11/h8-9H,2-7,11H2,1H3. The molecule has 0 aromatic rings. The minimum atomic E-state index is -0.0356. The Morgan fingerprint density at radius 1 is 1.54 bits per heavy atom. The van der Waals surface area contributed by atoms with Crippen LogP contribution in [0.5, 0.6) is 0 Å². The van der Waals surface area contributed by atoms with Gasteiger partial charge in [0, 0.05) is 0 Å². The predicted octanol–water partition coefficient (Wildman–Crippen LogP) is 1.31. The Hall–Kier alpha value is -0.570. The molecule has 2 atom stereocenters. The molecule has 76 valence electrons. The number of esters is 1. The highest BCUT2D eigenvalue weighted by atomic mass is 16.5. The first-order valence-corrected chi connectivity index (χ1v) is 5.16. The summed E-state index contributed by atoms with van der Waals surface area (Å²) < 4.78 is 5.11. The van der Waals surface area contributed by atoms with Crippen LogP contribution >= 0.6 is 0 Å². The zero-order valence-electron chi connectivity index (χ0n) is 8.29. The number of unbranched alkanes of at least 4 members (excludes halogenated alkanes) is 2. The Balaban J connectivity index is 1.99. The lowest BCUT2D eigenvalue weighted by Crippen LogP contribution is -2.12. The highest BCUT2D eigenvalue weighted by Crippen LogP contribution is 2.38. The maximum Gasteiger partial charge on any atom is 0.309 e. The first kappa shape index (κ1) is 10.5. The number of carbonyl (C=O) groups excluding carboxylic acids is 1. The molecule has 0 aromatic carbocycles. The summed E-state index contributed by atoms with van der Waals surface area (Å²) in [5.41, 5.74) is 5.43. The van der Waals surface area contributed by atoms with Crippen molar-refractivity contribution in [2.75, 3.05) is 13.2 Å². The fourth-order valence-corrected chi connectivity index (χ4v) is 1.43. The summed E-state index contributed by atoms with van der Waals surface area (Å²) in [7, 11) is 0. The molecule has 0 aromatic heterocycles. The van der Waals surface area contributed by atoms with Crippen LogP contribution in [-0.4, -0.2) is 19.1 Å². The van der Waals surface area contributed by atoms with E-state index in [-0.39, 0.29) is 11.9 Å². The molecule has 1 saturated carbocycles. The second kappa shape index (κ2) is 5.22. The quantitative estimate of drug-likeness (QED) is 0.501. The Bertz CT molecular complexity index is 170. The van der Waals surface area contributed by atoms with Gasteiger partial charge in [0.1, 0.15) is 0 Å². The second-order valence-corrected chi connectivity index (χ2v) is 3.71. The molecule has 0 aliphatic heterocycles. The van der Waals surface area contributed by atoms with Crippen LogP contribution in [0.15, 0.2) is 0 Å². The summed E-state index contributed by atoms with van der Waals surface area (Å²) in [5.74, 6) is 0.483. The van der Waals surface area contributed by atoms with E-state index in [2.05, 4.69) is 6.92 Å². The lowest BCUT2D eigenvalue weighted by Gasteiger charge is -2.02. The Kier molecular flexibility index (Phi) is 4.22. The van der Waals surface area contributed by atoms with Crippen molar-refractivity contribution < 1.29 is 9.53 Å². The first-order valence-electron chi connectivity index (χ1n) is 5.16. The average molecular weight is 185 g/mol. The van der Waals surface area contributed by atoms with Gasteiger partial charge in [-0.25, -0.2) is 0 Å². The summed E-state index contributed by atoms with van der Waals surface area (Å²) in [6.45, 7) is 3.34. The van der Waals surface area contributed by atoms with Crippen LogP contribution in [0, 0.1) is 11.8 Å². The van der Waals surface area contributed by atoms with E-state index in [1.165, 1.54) is 0 Å². The largest absolute Gasteiger partial charge is 0.465 e. The van der Waals surface area contributed by atoms with Gasteiger partial charge in [-0.2, -0.15) is 0 Å². The van der Waals surface area contributed by atoms with Crippen molar-refractivity contribution in [2.45, 2.75) is 32.6 Å². The van der Waals surface area contributed by atoms with Gasteiger partial charge in [0.2, 0.25) is 0 Å². The topological polar surface area (TPSA) is 52.3 Å². The van der Waals surface area contributed by atoms with E-state index in [4.69, 9.17) is 10.5 Å². The lowest BCUT2D eigenvalue weighted by atomic mass is 10.3. The third-order valence-electron chi connectivity index (χ3n) is 2.52. The Morgan fingerprint density at radius 2 is 2.31 bits per heavy atom. The maximum atomic E-state index is 11.3. The number of hydrogen-bond donors (Lipinski definition) is 1. The number of rotatable bonds is 6. The molecule has 1 aliphatic rings. The summed E-state index contributed by atoms with van der Waals surface area (Å²) >= 11 is 0.